The van der Waals surface area contributed by atoms with Crippen LogP contribution in [0.1, 0.15) is 21.5 Å². The Labute approximate surface area is 134 Å². The van der Waals surface area contributed by atoms with Crippen molar-refractivity contribution in [2.75, 3.05) is 12.4 Å². The van der Waals surface area contributed by atoms with Crippen LogP contribution in [0.4, 0.5) is 10.1 Å². The molecule has 0 aromatic heterocycles. The molecule has 122 valence electrons. The van der Waals surface area contributed by atoms with Crippen LogP contribution in [0.15, 0.2) is 41.3 Å². The summed E-state index contributed by atoms with van der Waals surface area (Å²) in [6.45, 7) is 3.42. The van der Waals surface area contributed by atoms with Gasteiger partial charge in [0.15, 0.2) is 0 Å². The Hall–Kier alpha value is -2.25. The van der Waals surface area contributed by atoms with Crippen molar-refractivity contribution >= 4 is 21.6 Å². The molecular weight excluding hydrogens is 319 g/mol. The molecule has 0 aliphatic heterocycles. The number of sulfonamides is 1. The minimum absolute atomic E-state index is 0.0277. The monoisotopic (exact) mass is 336 g/mol. The molecule has 0 radical (unpaired) electrons. The third-order valence-electron chi connectivity index (χ3n) is 3.41. The molecule has 5 nitrogen and oxygen atoms in total. The van der Waals surface area contributed by atoms with Crippen molar-refractivity contribution in [3.8, 4) is 0 Å². The average Bonchev–Trinajstić information content (AvgIpc) is 2.50. The summed E-state index contributed by atoms with van der Waals surface area (Å²) in [6.07, 6.45) is 0. The van der Waals surface area contributed by atoms with Crippen LogP contribution in [0.3, 0.4) is 0 Å². The fourth-order valence-electron chi connectivity index (χ4n) is 2.04. The molecule has 23 heavy (non-hydrogen) atoms. The smallest absolute Gasteiger partial charge is 0.256 e. The minimum Gasteiger partial charge on any atom is -0.319 e. The Morgan fingerprint density at radius 2 is 1.78 bits per heavy atom. The lowest BCUT2D eigenvalue weighted by Gasteiger charge is -2.11. The first-order chi connectivity index (χ1) is 10.7. The second kappa shape index (κ2) is 6.47. The lowest BCUT2D eigenvalue weighted by atomic mass is 10.1. The number of halogens is 1. The largest absolute Gasteiger partial charge is 0.319 e. The molecule has 0 saturated carbocycles. The summed E-state index contributed by atoms with van der Waals surface area (Å²) in [7, 11) is -2.37. The molecule has 0 aliphatic carbocycles. The van der Waals surface area contributed by atoms with E-state index in [9.17, 15) is 17.6 Å². The number of rotatable bonds is 4. The van der Waals surface area contributed by atoms with Gasteiger partial charge in [-0.25, -0.2) is 17.5 Å². The quantitative estimate of drug-likeness (QED) is 0.901. The van der Waals surface area contributed by atoms with Crippen molar-refractivity contribution in [3.63, 3.8) is 0 Å². The number of aryl methyl sites for hydroxylation is 2. The van der Waals surface area contributed by atoms with E-state index in [1.165, 1.54) is 37.4 Å². The zero-order valence-electron chi connectivity index (χ0n) is 13.0. The van der Waals surface area contributed by atoms with E-state index < -0.39 is 21.7 Å². The minimum atomic E-state index is -3.66. The van der Waals surface area contributed by atoms with E-state index >= 15 is 0 Å². The third kappa shape index (κ3) is 3.75. The second-order valence-electron chi connectivity index (χ2n) is 5.12. The molecule has 0 heterocycles. The number of carbonyl (C=O) groups excluding carboxylic acids is 1. The summed E-state index contributed by atoms with van der Waals surface area (Å²) in [5, 5.41) is 2.46. The van der Waals surface area contributed by atoms with Crippen LogP contribution >= 0.6 is 0 Å². The maximum atomic E-state index is 13.8. The molecule has 1 amide bonds. The predicted molar refractivity (Wildman–Crippen MR) is 86.5 cm³/mol. The Bertz CT molecular complexity index is 864. The zero-order chi connectivity index (χ0) is 17.2. The van der Waals surface area contributed by atoms with E-state index in [1.54, 1.807) is 19.9 Å². The lowest BCUT2D eigenvalue weighted by molar-refractivity contribution is 0.102. The third-order valence-corrected chi connectivity index (χ3v) is 4.82. The van der Waals surface area contributed by atoms with Crippen molar-refractivity contribution in [1.82, 2.24) is 4.72 Å². The van der Waals surface area contributed by atoms with Gasteiger partial charge in [0.1, 0.15) is 5.82 Å². The molecule has 0 bridgehead atoms. The van der Waals surface area contributed by atoms with Gasteiger partial charge in [-0.1, -0.05) is 12.1 Å². The molecular formula is C16H17FN2O3S. The van der Waals surface area contributed by atoms with Crippen molar-refractivity contribution in [2.45, 2.75) is 18.7 Å². The van der Waals surface area contributed by atoms with Crippen LogP contribution in [0.25, 0.3) is 0 Å². The molecule has 2 aromatic carbocycles. The van der Waals surface area contributed by atoms with Gasteiger partial charge in [-0.05, 0) is 56.3 Å². The normalized spacial score (nSPS) is 11.3. The molecule has 0 atom stereocenters. The SMILES string of the molecule is CNS(=O)(=O)c1ccc(C)c(C(=O)Nc2ccc(C)cc2F)c1. The molecule has 0 spiro atoms. The van der Waals surface area contributed by atoms with Crippen molar-refractivity contribution < 1.29 is 17.6 Å². The van der Waals surface area contributed by atoms with Gasteiger partial charge in [0, 0.05) is 5.56 Å². The maximum absolute atomic E-state index is 13.8. The summed E-state index contributed by atoms with van der Waals surface area (Å²) in [6, 6.07) is 8.65. The first kappa shape index (κ1) is 17.1. The molecule has 2 aromatic rings. The summed E-state index contributed by atoms with van der Waals surface area (Å²) < 4.78 is 39.7. The lowest BCUT2D eigenvalue weighted by Crippen LogP contribution is -2.20. The van der Waals surface area contributed by atoms with Crippen LogP contribution in [0, 0.1) is 19.7 Å². The number of anilines is 1. The molecule has 0 fully saturated rings. The average molecular weight is 336 g/mol. The van der Waals surface area contributed by atoms with Gasteiger partial charge in [-0.15, -0.1) is 0 Å². The van der Waals surface area contributed by atoms with Gasteiger partial charge in [-0.3, -0.25) is 4.79 Å². The number of hydrogen-bond acceptors (Lipinski definition) is 3. The van der Waals surface area contributed by atoms with Gasteiger partial charge in [-0.2, -0.15) is 0 Å². The van der Waals surface area contributed by atoms with Crippen LogP contribution in [0.5, 0.6) is 0 Å². The summed E-state index contributed by atoms with van der Waals surface area (Å²) in [5.41, 5.74) is 1.53. The second-order valence-corrected chi connectivity index (χ2v) is 7.01. The van der Waals surface area contributed by atoms with Crippen LogP contribution < -0.4 is 10.0 Å². The van der Waals surface area contributed by atoms with Gasteiger partial charge >= 0.3 is 0 Å². The maximum Gasteiger partial charge on any atom is 0.256 e. The van der Waals surface area contributed by atoms with E-state index in [0.29, 0.717) is 5.56 Å². The summed E-state index contributed by atoms with van der Waals surface area (Å²) in [4.78, 5) is 12.3. The molecule has 0 saturated heterocycles. The fraction of sp³-hybridized carbons (Fsp3) is 0.188. The van der Waals surface area contributed by atoms with Crippen molar-refractivity contribution in [2.24, 2.45) is 0 Å². The van der Waals surface area contributed by atoms with Gasteiger partial charge in [0.25, 0.3) is 5.91 Å². The van der Waals surface area contributed by atoms with E-state index in [-0.39, 0.29) is 16.1 Å². The fourth-order valence-corrected chi connectivity index (χ4v) is 2.80. The first-order valence-corrected chi connectivity index (χ1v) is 8.34. The molecule has 0 unspecified atom stereocenters. The van der Waals surface area contributed by atoms with Crippen molar-refractivity contribution in [1.29, 1.82) is 0 Å². The number of nitrogens with one attached hydrogen (secondary N) is 2. The van der Waals surface area contributed by atoms with Crippen LogP contribution in [-0.4, -0.2) is 21.4 Å². The Morgan fingerprint density at radius 1 is 1.09 bits per heavy atom. The zero-order valence-corrected chi connectivity index (χ0v) is 13.8. The standard InChI is InChI=1S/C16H17FN2O3S/c1-10-4-7-15(14(17)8-10)19-16(20)13-9-12(6-5-11(13)2)23(21,22)18-3/h4-9,18H,1-3H3,(H,19,20). The highest BCUT2D eigenvalue weighted by Gasteiger charge is 2.17. The topological polar surface area (TPSA) is 75.3 Å². The van der Waals surface area contributed by atoms with Crippen molar-refractivity contribution in [3.05, 3.63) is 58.9 Å². The van der Waals surface area contributed by atoms with Crippen LogP contribution in [-0.2, 0) is 10.0 Å². The number of hydrogen-bond donors (Lipinski definition) is 2. The van der Waals surface area contributed by atoms with Gasteiger partial charge in [0.2, 0.25) is 10.0 Å². The highest BCUT2D eigenvalue weighted by molar-refractivity contribution is 7.89. The van der Waals surface area contributed by atoms with E-state index in [4.69, 9.17) is 0 Å². The Kier molecular flexibility index (Phi) is 4.82. The Morgan fingerprint density at radius 3 is 2.39 bits per heavy atom. The van der Waals surface area contributed by atoms with Gasteiger partial charge < -0.3 is 5.32 Å². The van der Waals surface area contributed by atoms with E-state index in [1.807, 2.05) is 0 Å². The van der Waals surface area contributed by atoms with E-state index in [0.717, 1.165) is 5.56 Å². The molecule has 2 rings (SSSR count). The Balaban J connectivity index is 2.37. The van der Waals surface area contributed by atoms with Crippen LogP contribution in [0.2, 0.25) is 0 Å². The highest BCUT2D eigenvalue weighted by Crippen LogP contribution is 2.19. The highest BCUT2D eigenvalue weighted by atomic mass is 32.2. The van der Waals surface area contributed by atoms with E-state index in [2.05, 4.69) is 10.0 Å². The molecule has 0 aliphatic rings. The summed E-state index contributed by atoms with van der Waals surface area (Å²) >= 11 is 0. The number of benzene rings is 2. The first-order valence-electron chi connectivity index (χ1n) is 6.86. The number of amides is 1. The molecule has 2 N–H and O–H groups in total. The predicted octanol–water partition coefficient (Wildman–Crippen LogP) is 2.60. The molecule has 7 heteroatoms. The summed E-state index contributed by atoms with van der Waals surface area (Å²) in [5.74, 6) is -1.12. The van der Waals surface area contributed by atoms with Gasteiger partial charge in [0.05, 0.1) is 10.6 Å². The number of carbonyl (C=O) groups is 1.